The Balaban J connectivity index is 0.000000296. The Bertz CT molecular complexity index is 2430. The predicted octanol–water partition coefficient (Wildman–Crippen LogP) is 14.8. The van der Waals surface area contributed by atoms with Crippen LogP contribution >= 0.6 is 23.2 Å². The van der Waals surface area contributed by atoms with Crippen LogP contribution in [0.3, 0.4) is 0 Å². The highest BCUT2D eigenvalue weighted by Crippen LogP contribution is 2.47. The van der Waals surface area contributed by atoms with E-state index in [9.17, 15) is 76.7 Å². The first-order valence-electron chi connectivity index (χ1n) is 26.9. The first kappa shape index (κ1) is 70.4. The number of rotatable bonds is 15. The molecule has 4 aliphatic rings. The number of benzene rings is 2. The number of hydrogen-bond donors (Lipinski definition) is 0. The average molecular weight is 1250 g/mol. The summed E-state index contributed by atoms with van der Waals surface area (Å²) in [6.07, 6.45) is -24.3. The van der Waals surface area contributed by atoms with Crippen molar-refractivity contribution in [3.63, 3.8) is 0 Å². The van der Waals surface area contributed by atoms with Crippen LogP contribution in [0, 0.1) is 5.41 Å². The summed E-state index contributed by atoms with van der Waals surface area (Å²) in [5, 5.41) is 0.899. The molecule has 3 aliphatic heterocycles. The number of halogens is 14. The predicted molar refractivity (Wildman–Crippen MR) is 279 cm³/mol. The Kier molecular flexibility index (Phi) is 24.9. The molecular weight excluding hydrogens is 1180 g/mol. The van der Waals surface area contributed by atoms with E-state index in [4.69, 9.17) is 42.1 Å². The zero-order valence-electron chi connectivity index (χ0n) is 46.9. The molecule has 83 heavy (non-hydrogen) atoms. The molecule has 0 radical (unpaired) electrons. The van der Waals surface area contributed by atoms with Crippen molar-refractivity contribution in [1.82, 2.24) is 14.7 Å². The van der Waals surface area contributed by atoms with Gasteiger partial charge in [-0.25, -0.2) is 9.59 Å². The van der Waals surface area contributed by atoms with Crippen LogP contribution in [-0.2, 0) is 35.1 Å². The molecule has 2 aromatic rings. The average Bonchev–Trinajstić information content (AvgIpc) is 4.21. The van der Waals surface area contributed by atoms with Crippen molar-refractivity contribution < 1.29 is 105 Å². The number of carbonyl (C=O) groups excluding carboxylic acids is 5. The van der Waals surface area contributed by atoms with Gasteiger partial charge in [-0.2, -0.15) is 52.7 Å². The normalized spacial score (nSPS) is 17.6. The lowest BCUT2D eigenvalue weighted by Gasteiger charge is -2.45. The third kappa shape index (κ3) is 23.7. The monoisotopic (exact) mass is 1250 g/mol. The van der Waals surface area contributed by atoms with Gasteiger partial charge < -0.3 is 38.2 Å². The maximum Gasteiger partial charge on any atom is 0.434 e. The Morgan fingerprint density at radius 3 is 1.36 bits per heavy atom. The third-order valence-electron chi connectivity index (χ3n) is 13.8. The molecule has 1 aliphatic carbocycles. The topological polar surface area (TPSA) is 150 Å². The molecule has 2 spiro atoms. The second kappa shape index (κ2) is 29.3. The molecule has 0 unspecified atom stereocenters. The minimum Gasteiger partial charge on any atom is -0.494 e. The lowest BCUT2D eigenvalue weighted by molar-refractivity contribution is -0.309. The summed E-state index contributed by atoms with van der Waals surface area (Å²) in [5.41, 5.74) is 0.0332. The molecule has 28 heteroatoms. The molecule has 3 saturated heterocycles. The van der Waals surface area contributed by atoms with E-state index in [0.717, 1.165) is 60.4 Å². The van der Waals surface area contributed by atoms with Gasteiger partial charge in [-0.05, 0) is 160 Å². The van der Waals surface area contributed by atoms with Gasteiger partial charge in [0.2, 0.25) is 0 Å². The molecule has 3 heterocycles. The number of esters is 2. The van der Waals surface area contributed by atoms with E-state index < -0.39 is 60.3 Å². The fourth-order valence-electron chi connectivity index (χ4n) is 10.0. The van der Waals surface area contributed by atoms with Crippen molar-refractivity contribution >= 4 is 53.6 Å². The summed E-state index contributed by atoms with van der Waals surface area (Å²) in [5.74, 6) is 0.489. The lowest BCUT2D eigenvalue weighted by Crippen LogP contribution is -2.54. The Morgan fingerprint density at radius 1 is 0.542 bits per heavy atom. The molecule has 0 bridgehead atoms. The van der Waals surface area contributed by atoms with Crippen LogP contribution in [0.2, 0.25) is 10.0 Å². The number of nitrogens with zero attached hydrogens (tertiary/aromatic N) is 3. The van der Waals surface area contributed by atoms with E-state index in [1.807, 2.05) is 26.8 Å². The first-order chi connectivity index (χ1) is 38.2. The number of piperidine rings is 2. The van der Waals surface area contributed by atoms with Gasteiger partial charge in [-0.3, -0.25) is 19.3 Å². The van der Waals surface area contributed by atoms with E-state index >= 15 is 0 Å². The molecule has 6 rings (SSSR count). The molecule has 0 atom stereocenters. The number of alkyl halides is 12. The number of amides is 2. The van der Waals surface area contributed by atoms with Crippen LogP contribution in [0.4, 0.5) is 62.3 Å². The van der Waals surface area contributed by atoms with Crippen LogP contribution in [-0.4, -0.2) is 145 Å². The zero-order chi connectivity index (χ0) is 62.4. The molecule has 1 saturated carbocycles. The van der Waals surface area contributed by atoms with Crippen LogP contribution in [0.5, 0.6) is 11.5 Å². The summed E-state index contributed by atoms with van der Waals surface area (Å²) >= 11 is 12.2. The lowest BCUT2D eigenvalue weighted by atomic mass is 9.77. The fraction of sp³-hybridized carbons (Fsp3) is 0.691. The van der Waals surface area contributed by atoms with Gasteiger partial charge in [0.25, 0.3) is 12.2 Å². The summed E-state index contributed by atoms with van der Waals surface area (Å²) in [6, 6.07) is 10.1. The standard InChI is InChI=1S/C27H35ClF6N2O5.C15H19ClO4.C13H17F6NO2/c1-24(2,3)41-21(37)6-4-13-39-20-15-18(14-19(28)16-20)17-36-10-5-7-25(36)8-11-35(12-9-25)23(38)40-22(26(29,30)31)27(32,33)34;1-15(2,3)20-14(18)5-4-6-19-13-8-11(10-17)7-12(16)9-13;14-12(15,16)9(13(17,18)19)22-10(21)20-7-5-11(6-8-20)3-1-2-4-11/h14-16,22H,4-13,17H2,1-3H3;7-10H,4-6H2,1-3H3;9H,1-8H2. The minimum atomic E-state index is -5.76. The Hall–Kier alpha value is -5.11. The minimum absolute atomic E-state index is 0.0284. The number of likely N-dealkylation sites (tertiary alicyclic amines) is 3. The highest BCUT2D eigenvalue weighted by atomic mass is 35.5. The van der Waals surface area contributed by atoms with Crippen LogP contribution < -0.4 is 9.47 Å². The largest absolute Gasteiger partial charge is 0.494 e. The van der Waals surface area contributed by atoms with E-state index in [1.54, 1.807) is 51.1 Å². The molecule has 0 N–H and O–H groups in total. The number of hydrogen-bond acceptors (Lipinski definition) is 12. The Labute approximate surface area is 484 Å². The SMILES string of the molecule is CC(C)(C)OC(=O)CCCOc1cc(Cl)cc(C=O)c1.CC(C)(C)OC(=O)CCCOc1cc(Cl)cc(CN2CCCC23CCN(C(=O)OC(C(F)(F)F)C(F)(F)F)CC3)c1.O=C(OC(C(F)(F)F)C(F)(F)F)N1CCC2(CCCC2)CC1. The zero-order valence-corrected chi connectivity index (χ0v) is 48.4. The number of carbonyl (C=O) groups is 5. The van der Waals surface area contributed by atoms with Crippen molar-refractivity contribution in [3.05, 3.63) is 57.6 Å². The number of ether oxygens (including phenoxy) is 6. The fourth-order valence-corrected chi connectivity index (χ4v) is 10.5. The van der Waals surface area contributed by atoms with Gasteiger partial charge in [-0.1, -0.05) is 36.0 Å². The molecular formula is C55H71Cl2F12N3O11. The van der Waals surface area contributed by atoms with Crippen molar-refractivity contribution in [2.75, 3.05) is 45.9 Å². The van der Waals surface area contributed by atoms with Crippen molar-refractivity contribution in [2.24, 2.45) is 5.41 Å². The van der Waals surface area contributed by atoms with Gasteiger partial charge in [0, 0.05) is 66.7 Å². The van der Waals surface area contributed by atoms with Gasteiger partial charge in [0.1, 0.15) is 29.0 Å². The van der Waals surface area contributed by atoms with Crippen LogP contribution in [0.1, 0.15) is 147 Å². The summed E-state index contributed by atoms with van der Waals surface area (Å²) in [7, 11) is 0. The highest BCUT2D eigenvalue weighted by Gasteiger charge is 2.61. The van der Waals surface area contributed by atoms with Crippen LogP contribution in [0.15, 0.2) is 36.4 Å². The second-order valence-electron chi connectivity index (χ2n) is 22.8. The van der Waals surface area contributed by atoms with Crippen molar-refractivity contribution in [3.8, 4) is 11.5 Å². The van der Waals surface area contributed by atoms with E-state index in [1.165, 1.54) is 0 Å². The molecule has 0 aromatic heterocycles. The summed E-state index contributed by atoms with van der Waals surface area (Å²) < 4.78 is 180. The molecule has 14 nitrogen and oxygen atoms in total. The number of aldehydes is 1. The van der Waals surface area contributed by atoms with Crippen molar-refractivity contribution in [2.45, 2.75) is 192 Å². The summed E-state index contributed by atoms with van der Waals surface area (Å²) in [4.78, 5) is 61.9. The van der Waals surface area contributed by atoms with Gasteiger partial charge in [0.15, 0.2) is 0 Å². The third-order valence-corrected chi connectivity index (χ3v) is 14.3. The Morgan fingerprint density at radius 2 is 0.952 bits per heavy atom. The van der Waals surface area contributed by atoms with Gasteiger partial charge in [0.05, 0.1) is 13.2 Å². The maximum absolute atomic E-state index is 12.8. The van der Waals surface area contributed by atoms with Gasteiger partial charge >= 0.3 is 48.8 Å². The first-order valence-corrected chi connectivity index (χ1v) is 27.6. The molecule has 470 valence electrons. The second-order valence-corrected chi connectivity index (χ2v) is 23.7. The smallest absolute Gasteiger partial charge is 0.434 e. The maximum atomic E-state index is 12.8. The highest BCUT2D eigenvalue weighted by molar-refractivity contribution is 6.31. The van der Waals surface area contributed by atoms with Crippen LogP contribution in [0.25, 0.3) is 0 Å². The van der Waals surface area contributed by atoms with E-state index in [0.29, 0.717) is 91.5 Å². The van der Waals surface area contributed by atoms with Crippen molar-refractivity contribution in [1.29, 1.82) is 0 Å². The molecule has 2 aromatic carbocycles. The van der Waals surface area contributed by atoms with E-state index in [2.05, 4.69) is 14.4 Å². The van der Waals surface area contributed by atoms with Gasteiger partial charge in [-0.15, -0.1) is 0 Å². The van der Waals surface area contributed by atoms with E-state index in [-0.39, 0.29) is 62.1 Å². The summed E-state index contributed by atoms with van der Waals surface area (Å²) in [6.45, 7) is 12.9. The molecule has 4 fully saturated rings. The molecule has 2 amide bonds. The quantitative estimate of drug-likeness (QED) is 0.0549.